The summed E-state index contributed by atoms with van der Waals surface area (Å²) in [4.78, 5) is 4.57. The van der Waals surface area contributed by atoms with E-state index in [2.05, 4.69) is 63.8 Å². The van der Waals surface area contributed by atoms with Crippen LogP contribution >= 0.6 is 15.9 Å². The van der Waals surface area contributed by atoms with Crippen molar-refractivity contribution in [1.82, 2.24) is 9.55 Å². The Labute approximate surface area is 123 Å². The number of anilines is 2. The minimum atomic E-state index is 0.595. The van der Waals surface area contributed by atoms with E-state index in [4.69, 9.17) is 0 Å². The predicted octanol–water partition coefficient (Wildman–Crippen LogP) is 4.66. The van der Waals surface area contributed by atoms with Crippen LogP contribution in [0, 0.1) is 19.8 Å². The standard InChI is InChI=1S/C15H20BrN3/c1-10(2)8-19-9-11(3)17-15(19)18-14-7-5-6-13(16)12(14)4/h5-7,9-10H,8H2,1-4H3,(H,17,18). The van der Waals surface area contributed by atoms with E-state index in [-0.39, 0.29) is 0 Å². The van der Waals surface area contributed by atoms with Crippen LogP contribution in [0.5, 0.6) is 0 Å². The third-order valence-electron chi connectivity index (χ3n) is 2.97. The lowest BCUT2D eigenvalue weighted by molar-refractivity contribution is 0.527. The zero-order chi connectivity index (χ0) is 14.0. The maximum Gasteiger partial charge on any atom is 0.207 e. The molecule has 0 unspecified atom stereocenters. The third-order valence-corrected chi connectivity index (χ3v) is 3.83. The number of hydrogen-bond donors (Lipinski definition) is 1. The fraction of sp³-hybridized carbons (Fsp3) is 0.400. The zero-order valence-corrected chi connectivity index (χ0v) is 13.5. The van der Waals surface area contributed by atoms with Gasteiger partial charge in [-0.15, -0.1) is 0 Å². The second-order valence-corrected chi connectivity index (χ2v) is 6.14. The molecule has 3 nitrogen and oxygen atoms in total. The monoisotopic (exact) mass is 321 g/mol. The quantitative estimate of drug-likeness (QED) is 0.887. The molecule has 1 heterocycles. The summed E-state index contributed by atoms with van der Waals surface area (Å²) in [6, 6.07) is 6.15. The number of nitrogens with one attached hydrogen (secondary N) is 1. The lowest BCUT2D eigenvalue weighted by Crippen LogP contribution is -2.08. The van der Waals surface area contributed by atoms with Gasteiger partial charge in [0, 0.05) is 22.9 Å². The van der Waals surface area contributed by atoms with Crippen molar-refractivity contribution in [2.24, 2.45) is 5.92 Å². The second-order valence-electron chi connectivity index (χ2n) is 5.29. The summed E-state index contributed by atoms with van der Waals surface area (Å²) in [7, 11) is 0. The van der Waals surface area contributed by atoms with Gasteiger partial charge in [0.05, 0.1) is 5.69 Å². The van der Waals surface area contributed by atoms with Gasteiger partial charge in [0.2, 0.25) is 5.95 Å². The van der Waals surface area contributed by atoms with Crippen LogP contribution < -0.4 is 5.32 Å². The van der Waals surface area contributed by atoms with Gasteiger partial charge in [0.1, 0.15) is 0 Å². The molecule has 4 heteroatoms. The van der Waals surface area contributed by atoms with E-state index >= 15 is 0 Å². The molecule has 19 heavy (non-hydrogen) atoms. The van der Waals surface area contributed by atoms with Crippen molar-refractivity contribution in [1.29, 1.82) is 0 Å². The molecule has 0 aliphatic heterocycles. The Morgan fingerprint density at radius 3 is 2.74 bits per heavy atom. The van der Waals surface area contributed by atoms with Crippen molar-refractivity contribution in [2.45, 2.75) is 34.2 Å². The zero-order valence-electron chi connectivity index (χ0n) is 11.9. The van der Waals surface area contributed by atoms with Crippen molar-refractivity contribution in [3.63, 3.8) is 0 Å². The summed E-state index contributed by atoms with van der Waals surface area (Å²) in [6.45, 7) is 9.51. The van der Waals surface area contributed by atoms with Crippen LogP contribution in [0.25, 0.3) is 0 Å². The SMILES string of the molecule is Cc1cn(CC(C)C)c(Nc2cccc(Br)c2C)n1. The van der Waals surface area contributed by atoms with Gasteiger partial charge >= 0.3 is 0 Å². The van der Waals surface area contributed by atoms with Crippen LogP contribution in [0.15, 0.2) is 28.9 Å². The highest BCUT2D eigenvalue weighted by atomic mass is 79.9. The predicted molar refractivity (Wildman–Crippen MR) is 84.0 cm³/mol. The van der Waals surface area contributed by atoms with Crippen molar-refractivity contribution in [3.05, 3.63) is 40.1 Å². The Morgan fingerprint density at radius 1 is 1.32 bits per heavy atom. The molecular weight excluding hydrogens is 302 g/mol. The molecule has 102 valence electrons. The number of hydrogen-bond acceptors (Lipinski definition) is 2. The molecule has 0 saturated heterocycles. The van der Waals surface area contributed by atoms with E-state index in [1.165, 1.54) is 5.56 Å². The molecule has 0 spiro atoms. The Kier molecular flexibility index (Phi) is 4.30. The molecule has 0 bridgehead atoms. The Hall–Kier alpha value is -1.29. The summed E-state index contributed by atoms with van der Waals surface area (Å²) in [5, 5.41) is 3.43. The minimum Gasteiger partial charge on any atom is -0.325 e. The molecule has 0 atom stereocenters. The van der Waals surface area contributed by atoms with Crippen molar-refractivity contribution in [2.75, 3.05) is 5.32 Å². The van der Waals surface area contributed by atoms with E-state index in [0.29, 0.717) is 5.92 Å². The van der Waals surface area contributed by atoms with Gasteiger partial charge in [-0.3, -0.25) is 0 Å². The molecule has 0 saturated carbocycles. The van der Waals surface area contributed by atoms with E-state index < -0.39 is 0 Å². The molecule has 1 N–H and O–H groups in total. The van der Waals surface area contributed by atoms with Crippen LogP contribution in [0.1, 0.15) is 25.1 Å². The minimum absolute atomic E-state index is 0.595. The van der Waals surface area contributed by atoms with Crippen molar-refractivity contribution in [3.8, 4) is 0 Å². The van der Waals surface area contributed by atoms with Crippen LogP contribution in [0.3, 0.4) is 0 Å². The van der Waals surface area contributed by atoms with Gasteiger partial charge in [0.25, 0.3) is 0 Å². The second kappa shape index (κ2) is 5.78. The summed E-state index contributed by atoms with van der Waals surface area (Å²) < 4.78 is 3.29. The van der Waals surface area contributed by atoms with Crippen LogP contribution in [0.2, 0.25) is 0 Å². The van der Waals surface area contributed by atoms with Crippen LogP contribution in [-0.4, -0.2) is 9.55 Å². The molecule has 0 aliphatic rings. The van der Waals surface area contributed by atoms with E-state index in [0.717, 1.165) is 28.3 Å². The largest absolute Gasteiger partial charge is 0.325 e. The summed E-state index contributed by atoms with van der Waals surface area (Å²) in [5.74, 6) is 1.50. The first kappa shape index (κ1) is 14.1. The molecule has 1 aromatic heterocycles. The maximum absolute atomic E-state index is 4.57. The summed E-state index contributed by atoms with van der Waals surface area (Å²) >= 11 is 3.56. The average molecular weight is 322 g/mol. The Bertz CT molecular complexity index is 573. The number of rotatable bonds is 4. The molecule has 0 amide bonds. The first-order chi connectivity index (χ1) is 8.97. The van der Waals surface area contributed by atoms with E-state index in [1.54, 1.807) is 0 Å². The molecule has 1 aromatic carbocycles. The lowest BCUT2D eigenvalue weighted by Gasteiger charge is -2.13. The van der Waals surface area contributed by atoms with Gasteiger partial charge in [-0.2, -0.15) is 0 Å². The van der Waals surface area contributed by atoms with Gasteiger partial charge < -0.3 is 9.88 Å². The van der Waals surface area contributed by atoms with E-state index in [1.807, 2.05) is 19.1 Å². The number of imidazole rings is 1. The normalized spacial score (nSPS) is 11.1. The van der Waals surface area contributed by atoms with Crippen molar-refractivity contribution < 1.29 is 0 Å². The highest BCUT2D eigenvalue weighted by Gasteiger charge is 2.09. The molecular formula is C15H20BrN3. The topological polar surface area (TPSA) is 29.9 Å². The number of benzene rings is 1. The molecule has 0 radical (unpaired) electrons. The van der Waals surface area contributed by atoms with Gasteiger partial charge in [0.15, 0.2) is 0 Å². The maximum atomic E-state index is 4.57. The molecule has 0 fully saturated rings. The fourth-order valence-corrected chi connectivity index (χ4v) is 2.41. The number of aryl methyl sites for hydroxylation is 1. The van der Waals surface area contributed by atoms with Crippen molar-refractivity contribution >= 4 is 27.6 Å². The number of aromatic nitrogens is 2. The summed E-state index contributed by atoms with van der Waals surface area (Å²) in [5.41, 5.74) is 3.32. The van der Waals surface area contributed by atoms with Gasteiger partial charge in [-0.25, -0.2) is 4.98 Å². The molecule has 2 rings (SSSR count). The highest BCUT2D eigenvalue weighted by molar-refractivity contribution is 9.10. The third kappa shape index (κ3) is 3.38. The average Bonchev–Trinajstić information content (AvgIpc) is 2.64. The first-order valence-electron chi connectivity index (χ1n) is 6.53. The van der Waals surface area contributed by atoms with Gasteiger partial charge in [-0.05, 0) is 37.5 Å². The fourth-order valence-electron chi connectivity index (χ4n) is 2.04. The lowest BCUT2D eigenvalue weighted by atomic mass is 10.2. The molecule has 2 aromatic rings. The Balaban J connectivity index is 2.30. The van der Waals surface area contributed by atoms with Crippen LogP contribution in [0.4, 0.5) is 11.6 Å². The highest BCUT2D eigenvalue weighted by Crippen LogP contribution is 2.26. The van der Waals surface area contributed by atoms with E-state index in [9.17, 15) is 0 Å². The number of halogens is 1. The Morgan fingerprint density at radius 2 is 2.05 bits per heavy atom. The smallest absolute Gasteiger partial charge is 0.207 e. The number of nitrogens with zero attached hydrogens (tertiary/aromatic N) is 2. The first-order valence-corrected chi connectivity index (χ1v) is 7.32. The van der Waals surface area contributed by atoms with Gasteiger partial charge in [-0.1, -0.05) is 35.8 Å². The summed E-state index contributed by atoms with van der Waals surface area (Å²) in [6.07, 6.45) is 2.09. The van der Waals surface area contributed by atoms with Crippen LogP contribution in [-0.2, 0) is 6.54 Å². The molecule has 0 aliphatic carbocycles.